The van der Waals surface area contributed by atoms with Crippen LogP contribution in [0.5, 0.6) is 0 Å². The van der Waals surface area contributed by atoms with Crippen LogP contribution in [-0.2, 0) is 6.54 Å². The van der Waals surface area contributed by atoms with Crippen molar-refractivity contribution in [2.24, 2.45) is 11.3 Å². The monoisotopic (exact) mass is 289 g/mol. The average molecular weight is 289 g/mol. The first-order valence-corrected chi connectivity index (χ1v) is 8.30. The summed E-state index contributed by atoms with van der Waals surface area (Å²) in [5, 5.41) is 3.44. The molecule has 0 spiro atoms. The van der Waals surface area contributed by atoms with E-state index < -0.39 is 0 Å². The minimum absolute atomic E-state index is 0.433. The van der Waals surface area contributed by atoms with Gasteiger partial charge in [0.1, 0.15) is 5.82 Å². The first-order valence-electron chi connectivity index (χ1n) is 8.30. The number of nitrogens with zero attached hydrogens (tertiary/aromatic N) is 2. The molecule has 0 saturated carbocycles. The lowest BCUT2D eigenvalue weighted by atomic mass is 9.75. The van der Waals surface area contributed by atoms with Gasteiger partial charge in [-0.2, -0.15) is 0 Å². The quantitative estimate of drug-likeness (QED) is 0.912. The van der Waals surface area contributed by atoms with Crippen molar-refractivity contribution >= 4 is 5.82 Å². The van der Waals surface area contributed by atoms with Crippen molar-refractivity contribution in [3.8, 4) is 0 Å². The number of piperidine rings is 1. The van der Waals surface area contributed by atoms with Gasteiger partial charge >= 0.3 is 0 Å². The molecule has 1 aromatic heterocycles. The third kappa shape index (κ3) is 4.70. The van der Waals surface area contributed by atoms with Crippen LogP contribution in [0.25, 0.3) is 0 Å². The van der Waals surface area contributed by atoms with E-state index in [2.05, 4.69) is 63.0 Å². The third-order valence-corrected chi connectivity index (χ3v) is 4.53. The highest BCUT2D eigenvalue weighted by molar-refractivity contribution is 5.39. The van der Waals surface area contributed by atoms with Crippen LogP contribution in [0.3, 0.4) is 0 Å². The highest BCUT2D eigenvalue weighted by Crippen LogP contribution is 2.35. The summed E-state index contributed by atoms with van der Waals surface area (Å²) in [6.07, 6.45) is 2.55. The van der Waals surface area contributed by atoms with Gasteiger partial charge in [-0.3, -0.25) is 0 Å². The third-order valence-electron chi connectivity index (χ3n) is 4.53. The van der Waals surface area contributed by atoms with E-state index in [1.54, 1.807) is 0 Å². The Kier molecular flexibility index (Phi) is 5.26. The molecule has 0 atom stereocenters. The zero-order chi connectivity index (χ0) is 15.5. The van der Waals surface area contributed by atoms with Gasteiger partial charge in [0, 0.05) is 25.7 Å². The summed E-state index contributed by atoms with van der Waals surface area (Å²) in [7, 11) is 0. The summed E-state index contributed by atoms with van der Waals surface area (Å²) < 4.78 is 0. The summed E-state index contributed by atoms with van der Waals surface area (Å²) in [6, 6.07) is 6.89. The van der Waals surface area contributed by atoms with E-state index in [9.17, 15) is 0 Å². The first kappa shape index (κ1) is 16.3. The Balaban J connectivity index is 1.95. The lowest BCUT2D eigenvalue weighted by molar-refractivity contribution is 0.198. The molecule has 0 aliphatic carbocycles. The van der Waals surface area contributed by atoms with E-state index in [4.69, 9.17) is 4.98 Å². The van der Waals surface area contributed by atoms with E-state index in [0.717, 1.165) is 37.1 Å². The van der Waals surface area contributed by atoms with Crippen molar-refractivity contribution < 1.29 is 0 Å². The van der Waals surface area contributed by atoms with Crippen molar-refractivity contribution in [2.75, 3.05) is 18.0 Å². The molecular weight excluding hydrogens is 258 g/mol. The van der Waals surface area contributed by atoms with Crippen LogP contribution in [0.4, 0.5) is 5.82 Å². The fourth-order valence-corrected chi connectivity index (χ4v) is 3.02. The van der Waals surface area contributed by atoms with E-state index in [1.807, 2.05) is 0 Å². The lowest BCUT2D eigenvalue weighted by Crippen LogP contribution is -2.38. The highest BCUT2D eigenvalue weighted by atomic mass is 15.2. The maximum atomic E-state index is 4.82. The molecule has 1 aliphatic rings. The number of hydrogen-bond donors (Lipinski definition) is 1. The van der Waals surface area contributed by atoms with Crippen molar-refractivity contribution in [1.82, 2.24) is 10.3 Å². The Bertz CT molecular complexity index is 440. The molecule has 0 amide bonds. The molecule has 118 valence electrons. The molecule has 1 N–H and O–H groups in total. The predicted octanol–water partition coefficient (Wildman–Crippen LogP) is 3.84. The largest absolute Gasteiger partial charge is 0.357 e. The minimum atomic E-state index is 0.433. The number of rotatable bonds is 4. The predicted molar refractivity (Wildman–Crippen MR) is 90.6 cm³/mol. The number of aromatic nitrogens is 1. The number of hydrogen-bond acceptors (Lipinski definition) is 3. The smallest absolute Gasteiger partial charge is 0.128 e. The van der Waals surface area contributed by atoms with Gasteiger partial charge in [0.2, 0.25) is 0 Å². The summed E-state index contributed by atoms with van der Waals surface area (Å²) >= 11 is 0. The van der Waals surface area contributed by atoms with Gasteiger partial charge in [-0.25, -0.2) is 4.98 Å². The summed E-state index contributed by atoms with van der Waals surface area (Å²) in [5.74, 6) is 1.98. The number of nitrogens with one attached hydrogen (secondary N) is 1. The van der Waals surface area contributed by atoms with E-state index in [1.165, 1.54) is 12.8 Å². The summed E-state index contributed by atoms with van der Waals surface area (Å²) in [6.45, 7) is 14.6. The van der Waals surface area contributed by atoms with Crippen molar-refractivity contribution in [3.05, 3.63) is 23.9 Å². The Labute approximate surface area is 130 Å². The average Bonchev–Trinajstić information content (AvgIpc) is 2.45. The van der Waals surface area contributed by atoms with Crippen LogP contribution < -0.4 is 10.2 Å². The van der Waals surface area contributed by atoms with Crippen molar-refractivity contribution in [2.45, 2.75) is 60.0 Å². The molecule has 1 aromatic rings. The fraction of sp³-hybridized carbons (Fsp3) is 0.722. The maximum Gasteiger partial charge on any atom is 0.128 e. The van der Waals surface area contributed by atoms with Gasteiger partial charge in [0.05, 0.1) is 5.69 Å². The van der Waals surface area contributed by atoms with E-state index >= 15 is 0 Å². The standard InChI is InChI=1S/C18H31N3/c1-14(2)19-13-16-7-6-8-17(20-16)21-11-9-15(10-12-21)18(3,4)5/h6-8,14-15,19H,9-13H2,1-5H3. The molecule has 0 unspecified atom stereocenters. The molecule has 2 rings (SSSR count). The molecule has 3 heteroatoms. The van der Waals surface area contributed by atoms with Gasteiger partial charge in [0.15, 0.2) is 0 Å². The number of anilines is 1. The van der Waals surface area contributed by atoms with Crippen LogP contribution in [-0.4, -0.2) is 24.1 Å². The Morgan fingerprint density at radius 3 is 2.48 bits per heavy atom. The fourth-order valence-electron chi connectivity index (χ4n) is 3.02. The molecule has 21 heavy (non-hydrogen) atoms. The summed E-state index contributed by atoms with van der Waals surface area (Å²) in [4.78, 5) is 7.26. The molecule has 1 saturated heterocycles. The van der Waals surface area contributed by atoms with Crippen LogP contribution in [0.2, 0.25) is 0 Å². The van der Waals surface area contributed by atoms with Crippen molar-refractivity contribution in [1.29, 1.82) is 0 Å². The van der Waals surface area contributed by atoms with Gasteiger partial charge in [-0.1, -0.05) is 40.7 Å². The zero-order valence-electron chi connectivity index (χ0n) is 14.3. The van der Waals surface area contributed by atoms with Crippen molar-refractivity contribution in [3.63, 3.8) is 0 Å². The second-order valence-corrected chi connectivity index (χ2v) is 7.65. The molecule has 3 nitrogen and oxygen atoms in total. The van der Waals surface area contributed by atoms with Crippen LogP contribution in [0, 0.1) is 11.3 Å². The van der Waals surface area contributed by atoms with Crippen LogP contribution >= 0.6 is 0 Å². The molecular formula is C18H31N3. The maximum absolute atomic E-state index is 4.82. The van der Waals surface area contributed by atoms with E-state index in [0.29, 0.717) is 11.5 Å². The molecule has 0 bridgehead atoms. The number of pyridine rings is 1. The van der Waals surface area contributed by atoms with Gasteiger partial charge in [-0.15, -0.1) is 0 Å². The van der Waals surface area contributed by atoms with Gasteiger partial charge < -0.3 is 10.2 Å². The molecule has 0 radical (unpaired) electrons. The first-order chi connectivity index (χ1) is 9.86. The molecule has 2 heterocycles. The Hall–Kier alpha value is -1.09. The second-order valence-electron chi connectivity index (χ2n) is 7.65. The summed E-state index contributed by atoms with van der Waals surface area (Å²) in [5.41, 5.74) is 1.57. The van der Waals surface area contributed by atoms with Gasteiger partial charge in [-0.05, 0) is 36.3 Å². The van der Waals surface area contributed by atoms with Crippen LogP contribution in [0.15, 0.2) is 18.2 Å². The molecule has 0 aromatic carbocycles. The highest BCUT2D eigenvalue weighted by Gasteiger charge is 2.29. The molecule has 1 fully saturated rings. The zero-order valence-corrected chi connectivity index (χ0v) is 14.3. The van der Waals surface area contributed by atoms with Crippen LogP contribution in [0.1, 0.15) is 53.2 Å². The topological polar surface area (TPSA) is 28.2 Å². The minimum Gasteiger partial charge on any atom is -0.357 e. The lowest BCUT2D eigenvalue weighted by Gasteiger charge is -2.39. The SMILES string of the molecule is CC(C)NCc1cccc(N2CCC(C(C)(C)C)CC2)n1. The normalized spacial score (nSPS) is 17.5. The Morgan fingerprint density at radius 1 is 1.24 bits per heavy atom. The second kappa shape index (κ2) is 6.78. The van der Waals surface area contributed by atoms with E-state index in [-0.39, 0.29) is 0 Å². The molecule has 1 aliphatic heterocycles. The Morgan fingerprint density at radius 2 is 1.90 bits per heavy atom. The van der Waals surface area contributed by atoms with Gasteiger partial charge in [0.25, 0.3) is 0 Å².